The summed E-state index contributed by atoms with van der Waals surface area (Å²) in [5.41, 5.74) is -1.01. The second-order valence-electron chi connectivity index (χ2n) is 8.38. The first-order valence-corrected chi connectivity index (χ1v) is 11.3. The first kappa shape index (κ1) is 22.3. The molecule has 29 heavy (non-hydrogen) atoms. The van der Waals surface area contributed by atoms with Crippen LogP contribution in [0.1, 0.15) is 26.7 Å². The van der Waals surface area contributed by atoms with Crippen LogP contribution in [0, 0.1) is 23.2 Å². The van der Waals surface area contributed by atoms with Crippen LogP contribution in [0.25, 0.3) is 0 Å². The maximum absolute atomic E-state index is 13.2. The van der Waals surface area contributed by atoms with Gasteiger partial charge in [0.1, 0.15) is 16.4 Å². The lowest BCUT2D eigenvalue weighted by Gasteiger charge is -2.46. The summed E-state index contributed by atoms with van der Waals surface area (Å²) < 4.78 is 3.20. The van der Waals surface area contributed by atoms with E-state index in [2.05, 4.69) is 0 Å². The SMILES string of the molecule is CC(=O)OCCN1C(=O)[C@@H]2C[C@@H]3[C@H](C[C@]2(C)C1=O)[C@]1(Cl)C(Cl)=C(Cl)[C@@]3(Cl)C1(Cl)Cl. The number of carbonyl (C=O) groups excluding carboxylic acids is 3. The number of carbonyl (C=O) groups is 3. The minimum atomic E-state index is -1.69. The minimum Gasteiger partial charge on any atom is -0.464 e. The Balaban J connectivity index is 1.70. The lowest BCUT2D eigenvalue weighted by molar-refractivity contribution is -0.147. The lowest BCUT2D eigenvalue weighted by atomic mass is 9.58. The summed E-state index contributed by atoms with van der Waals surface area (Å²) in [6, 6.07) is 0. The van der Waals surface area contributed by atoms with E-state index in [0.717, 1.165) is 4.90 Å². The van der Waals surface area contributed by atoms with Crippen molar-refractivity contribution in [2.45, 2.75) is 40.8 Å². The fourth-order valence-electron chi connectivity index (χ4n) is 5.63. The van der Waals surface area contributed by atoms with Crippen LogP contribution in [0.15, 0.2) is 10.1 Å². The molecule has 6 atom stereocenters. The highest BCUT2D eigenvalue weighted by Crippen LogP contribution is 2.79. The third-order valence-electron chi connectivity index (χ3n) is 7.07. The monoisotopic (exact) mass is 521 g/mol. The summed E-state index contributed by atoms with van der Waals surface area (Å²) in [5, 5.41) is 0.182. The van der Waals surface area contributed by atoms with Crippen molar-refractivity contribution in [3.8, 4) is 0 Å². The zero-order valence-electron chi connectivity index (χ0n) is 15.4. The third kappa shape index (κ3) is 2.41. The summed E-state index contributed by atoms with van der Waals surface area (Å²) in [6.07, 6.45) is 0.478. The van der Waals surface area contributed by atoms with Gasteiger partial charge in [0.2, 0.25) is 11.8 Å². The number of amides is 2. The van der Waals surface area contributed by atoms with E-state index >= 15 is 0 Å². The number of ether oxygens (including phenoxy) is 1. The Bertz CT molecular complexity index is 876. The number of imide groups is 1. The quantitative estimate of drug-likeness (QED) is 0.312. The topological polar surface area (TPSA) is 63.7 Å². The van der Waals surface area contributed by atoms with Crippen molar-refractivity contribution in [3.05, 3.63) is 10.1 Å². The van der Waals surface area contributed by atoms with Gasteiger partial charge in [0.25, 0.3) is 0 Å². The van der Waals surface area contributed by atoms with E-state index in [1.54, 1.807) is 6.92 Å². The van der Waals surface area contributed by atoms with Crippen molar-refractivity contribution >= 4 is 87.4 Å². The van der Waals surface area contributed by atoms with Crippen LogP contribution in [0.3, 0.4) is 0 Å². The number of fused-ring (bicyclic) bond motifs is 6. The molecule has 0 unspecified atom stereocenters. The van der Waals surface area contributed by atoms with Gasteiger partial charge < -0.3 is 4.74 Å². The van der Waals surface area contributed by atoms with Gasteiger partial charge in [0.15, 0.2) is 4.33 Å². The molecule has 0 aromatic carbocycles. The molecular formula is C18H17Cl6NO4. The van der Waals surface area contributed by atoms with E-state index in [0.29, 0.717) is 0 Å². The lowest BCUT2D eigenvalue weighted by Crippen LogP contribution is -2.49. The van der Waals surface area contributed by atoms with Crippen LogP contribution in [0.5, 0.6) is 0 Å². The van der Waals surface area contributed by atoms with Gasteiger partial charge in [0.05, 0.1) is 27.9 Å². The van der Waals surface area contributed by atoms with Gasteiger partial charge in [-0.05, 0) is 31.6 Å². The van der Waals surface area contributed by atoms with Crippen LogP contribution < -0.4 is 0 Å². The molecule has 0 aromatic heterocycles. The molecule has 4 rings (SSSR count). The summed E-state index contributed by atoms with van der Waals surface area (Å²) in [5.74, 6) is -2.67. The number of rotatable bonds is 3. The molecule has 1 saturated heterocycles. The highest BCUT2D eigenvalue weighted by molar-refractivity contribution is 6.65. The Labute approximate surface area is 197 Å². The van der Waals surface area contributed by atoms with Gasteiger partial charge >= 0.3 is 5.97 Å². The maximum Gasteiger partial charge on any atom is 0.302 e. The van der Waals surface area contributed by atoms with Gasteiger partial charge in [0, 0.05) is 6.92 Å². The van der Waals surface area contributed by atoms with Crippen LogP contribution in [-0.2, 0) is 19.1 Å². The largest absolute Gasteiger partial charge is 0.464 e. The first-order chi connectivity index (χ1) is 13.3. The molecule has 1 heterocycles. The van der Waals surface area contributed by atoms with Gasteiger partial charge in [-0.2, -0.15) is 0 Å². The number of allylic oxidation sites excluding steroid dienone is 2. The van der Waals surface area contributed by atoms with Crippen molar-refractivity contribution in [2.24, 2.45) is 23.2 Å². The van der Waals surface area contributed by atoms with Crippen molar-refractivity contribution in [1.82, 2.24) is 4.90 Å². The predicted octanol–water partition coefficient (Wildman–Crippen LogP) is 4.41. The molecular weight excluding hydrogens is 507 g/mol. The number of hydrogen-bond donors (Lipinski definition) is 0. The fourth-order valence-corrected chi connectivity index (χ4v) is 8.72. The Hall–Kier alpha value is 0.0900. The molecule has 2 saturated carbocycles. The number of alkyl halides is 4. The summed E-state index contributed by atoms with van der Waals surface area (Å²) in [4.78, 5) is 35.5. The molecule has 3 fully saturated rings. The molecule has 2 amide bonds. The van der Waals surface area contributed by atoms with Gasteiger partial charge in [-0.1, -0.05) is 46.4 Å². The minimum absolute atomic E-state index is 0.00851. The number of esters is 1. The molecule has 0 spiro atoms. The van der Waals surface area contributed by atoms with Crippen molar-refractivity contribution in [2.75, 3.05) is 13.2 Å². The molecule has 0 aromatic rings. The molecule has 2 bridgehead atoms. The van der Waals surface area contributed by atoms with Crippen molar-refractivity contribution in [1.29, 1.82) is 0 Å². The van der Waals surface area contributed by atoms with Crippen LogP contribution in [0.4, 0.5) is 0 Å². The smallest absolute Gasteiger partial charge is 0.302 e. The van der Waals surface area contributed by atoms with E-state index in [4.69, 9.17) is 74.3 Å². The second-order valence-corrected chi connectivity index (χ2v) is 11.7. The molecule has 1 aliphatic heterocycles. The van der Waals surface area contributed by atoms with Crippen molar-refractivity contribution < 1.29 is 19.1 Å². The average Bonchev–Trinajstić information content (AvgIpc) is 2.95. The predicted molar refractivity (Wildman–Crippen MR) is 112 cm³/mol. The molecule has 160 valence electrons. The molecule has 0 N–H and O–H groups in total. The van der Waals surface area contributed by atoms with Crippen LogP contribution in [-0.4, -0.2) is 49.9 Å². The van der Waals surface area contributed by atoms with E-state index in [1.165, 1.54) is 6.92 Å². The maximum atomic E-state index is 13.2. The van der Waals surface area contributed by atoms with Gasteiger partial charge in [-0.25, -0.2) is 0 Å². The molecule has 3 aliphatic carbocycles. The third-order valence-corrected chi connectivity index (χ3v) is 11.4. The van der Waals surface area contributed by atoms with E-state index < -0.39 is 43.2 Å². The summed E-state index contributed by atoms with van der Waals surface area (Å²) in [7, 11) is 0. The first-order valence-electron chi connectivity index (χ1n) is 9.07. The van der Waals surface area contributed by atoms with Gasteiger partial charge in [-0.15, -0.1) is 23.2 Å². The van der Waals surface area contributed by atoms with E-state index in [9.17, 15) is 14.4 Å². The standard InChI is InChI=1S/C18H17Cl6NO4/c1-7(26)29-4-3-25-13(27)9-5-8-10(6-15(9,2)14(25)28)17(22)12(20)11(19)16(8,21)18(17,23)24/h8-10H,3-6H2,1-2H3/t8-,9+,10+,15+,16-,17+/m1/s1. The normalized spacial score (nSPS) is 45.0. The summed E-state index contributed by atoms with van der Waals surface area (Å²) >= 11 is 39.9. The molecule has 5 nitrogen and oxygen atoms in total. The number of halogens is 6. The van der Waals surface area contributed by atoms with Crippen molar-refractivity contribution in [3.63, 3.8) is 0 Å². The van der Waals surface area contributed by atoms with E-state index in [-0.39, 0.29) is 47.9 Å². The van der Waals surface area contributed by atoms with E-state index in [1.807, 2.05) is 0 Å². The summed E-state index contributed by atoms with van der Waals surface area (Å²) in [6.45, 7) is 2.92. The average molecular weight is 524 g/mol. The molecule has 11 heteroatoms. The number of hydrogen-bond acceptors (Lipinski definition) is 4. The zero-order valence-corrected chi connectivity index (χ0v) is 19.9. The Kier molecular flexibility index (Phi) is 5.04. The van der Waals surface area contributed by atoms with Crippen LogP contribution >= 0.6 is 69.6 Å². The molecule has 4 aliphatic rings. The Morgan fingerprint density at radius 1 is 1.10 bits per heavy atom. The van der Waals surface area contributed by atoms with Crippen LogP contribution in [0.2, 0.25) is 0 Å². The fraction of sp³-hybridized carbons (Fsp3) is 0.722. The highest BCUT2D eigenvalue weighted by Gasteiger charge is 2.84. The molecule has 0 radical (unpaired) electrons. The zero-order chi connectivity index (χ0) is 21.7. The number of nitrogens with zero attached hydrogens (tertiary/aromatic N) is 1. The van der Waals surface area contributed by atoms with Gasteiger partial charge in [-0.3, -0.25) is 19.3 Å². The Morgan fingerprint density at radius 3 is 2.21 bits per heavy atom. The second kappa shape index (κ2) is 6.55. The number of likely N-dealkylation sites (tertiary alicyclic amines) is 1. The highest BCUT2D eigenvalue weighted by atomic mass is 35.5. The Morgan fingerprint density at radius 2 is 1.66 bits per heavy atom.